The van der Waals surface area contributed by atoms with Crippen molar-refractivity contribution in [2.24, 2.45) is 23.7 Å². The second-order valence-corrected chi connectivity index (χ2v) is 11.7. The number of rotatable bonds is 23. The summed E-state index contributed by atoms with van der Waals surface area (Å²) in [6.07, 6.45) is 13.6. The van der Waals surface area contributed by atoms with Gasteiger partial charge in [0, 0.05) is 17.9 Å². The van der Waals surface area contributed by atoms with Crippen LogP contribution in [0.15, 0.2) is 11.6 Å². The average molecular weight is 515 g/mol. The summed E-state index contributed by atoms with van der Waals surface area (Å²) in [5.41, 5.74) is 1.33. The van der Waals surface area contributed by atoms with Crippen molar-refractivity contribution >= 4 is 29.5 Å². The second-order valence-electron chi connectivity index (χ2n) is 10.6. The fourth-order valence-corrected chi connectivity index (χ4v) is 5.11. The molecule has 0 heterocycles. The summed E-state index contributed by atoms with van der Waals surface area (Å²) in [6.45, 7) is 10.6. The summed E-state index contributed by atoms with van der Waals surface area (Å²) >= 11 is 1.50. The number of Topliss-reactive ketones (excluding diaryl/α,β-unsaturated/α-hetero) is 1. The molecule has 3 unspecified atom stereocenters. The first kappa shape index (κ1) is 33.7. The number of carbonyl (C=O) groups excluding carboxylic acids is 1. The van der Waals surface area contributed by atoms with Crippen molar-refractivity contribution in [3.63, 3.8) is 0 Å². The van der Waals surface area contributed by atoms with Crippen LogP contribution in [0.1, 0.15) is 98.8 Å². The van der Waals surface area contributed by atoms with Crippen LogP contribution in [0.5, 0.6) is 0 Å². The summed E-state index contributed by atoms with van der Waals surface area (Å²) in [7, 11) is 0. The number of carboxylic acids is 2. The van der Waals surface area contributed by atoms with E-state index in [0.717, 1.165) is 29.9 Å². The molecular formula is C28H50O6S. The molecule has 3 atom stereocenters. The molecule has 0 aromatic heterocycles. The van der Waals surface area contributed by atoms with E-state index in [1.807, 2.05) is 0 Å². The van der Waals surface area contributed by atoms with E-state index in [0.29, 0.717) is 5.75 Å². The summed E-state index contributed by atoms with van der Waals surface area (Å²) in [5.74, 6) is 0.144. The molecule has 35 heavy (non-hydrogen) atoms. The largest absolute Gasteiger partial charge is 0.481 e. The van der Waals surface area contributed by atoms with Gasteiger partial charge < -0.3 is 14.9 Å². The third-order valence-electron chi connectivity index (χ3n) is 6.32. The van der Waals surface area contributed by atoms with Gasteiger partial charge in [-0.05, 0) is 37.5 Å². The molecule has 0 bridgehead atoms. The van der Waals surface area contributed by atoms with Gasteiger partial charge in [0.05, 0.1) is 5.92 Å². The molecule has 0 aliphatic carbocycles. The van der Waals surface area contributed by atoms with Gasteiger partial charge in [-0.15, -0.1) is 0 Å². The van der Waals surface area contributed by atoms with Gasteiger partial charge in [-0.25, -0.2) is 4.79 Å². The fraction of sp³-hybridized carbons (Fsp3) is 0.821. The Morgan fingerprint density at radius 1 is 0.857 bits per heavy atom. The number of ether oxygens (including phenoxy) is 1. The third-order valence-corrected chi connectivity index (χ3v) is 7.36. The van der Waals surface area contributed by atoms with Gasteiger partial charge in [-0.2, -0.15) is 11.8 Å². The van der Waals surface area contributed by atoms with Crippen molar-refractivity contribution in [1.82, 2.24) is 0 Å². The highest BCUT2D eigenvalue weighted by Crippen LogP contribution is 2.22. The van der Waals surface area contributed by atoms with Crippen LogP contribution >= 0.6 is 11.8 Å². The predicted octanol–water partition coefficient (Wildman–Crippen LogP) is 6.87. The summed E-state index contributed by atoms with van der Waals surface area (Å²) < 4.78 is 4.74. The number of carbonyl (C=O) groups is 3. The molecule has 0 saturated carbocycles. The van der Waals surface area contributed by atoms with E-state index < -0.39 is 24.5 Å². The standard InChI is InChI=1S/C28H50O6S/c1-21(2)9-6-10-22(3)11-7-12-23(4)13-8-14-24(5)15-16-35-20-25(28(32)33)17-26(29)18-34-19-27(30)31/h15,21-23,25H,6-14,16-20H2,1-5H3,(H,30,31)(H,32,33)/b24-15+. The average Bonchev–Trinajstić information content (AvgIpc) is 2.75. The van der Waals surface area contributed by atoms with Gasteiger partial charge in [0.2, 0.25) is 0 Å². The van der Waals surface area contributed by atoms with Crippen LogP contribution in [0.25, 0.3) is 0 Å². The zero-order valence-corrected chi connectivity index (χ0v) is 23.5. The van der Waals surface area contributed by atoms with Crippen molar-refractivity contribution < 1.29 is 29.3 Å². The Balaban J connectivity index is 3.99. The number of thioether (sulfide) groups is 1. The molecule has 2 N–H and O–H groups in total. The van der Waals surface area contributed by atoms with Gasteiger partial charge in [0.25, 0.3) is 0 Å². The van der Waals surface area contributed by atoms with Crippen molar-refractivity contribution in [3.8, 4) is 0 Å². The normalized spacial score (nSPS) is 14.6. The zero-order chi connectivity index (χ0) is 26.6. The lowest BCUT2D eigenvalue weighted by Crippen LogP contribution is -2.23. The minimum absolute atomic E-state index is 0.140. The number of hydrogen-bond donors (Lipinski definition) is 2. The Morgan fingerprint density at radius 3 is 1.97 bits per heavy atom. The van der Waals surface area contributed by atoms with E-state index in [-0.39, 0.29) is 18.8 Å². The molecule has 0 aliphatic heterocycles. The molecule has 0 radical (unpaired) electrons. The Bertz CT molecular complexity index is 631. The highest BCUT2D eigenvalue weighted by molar-refractivity contribution is 7.99. The van der Waals surface area contributed by atoms with Crippen molar-refractivity contribution in [1.29, 1.82) is 0 Å². The van der Waals surface area contributed by atoms with Crippen molar-refractivity contribution in [3.05, 3.63) is 11.6 Å². The molecule has 0 spiro atoms. The maximum absolute atomic E-state index is 11.8. The van der Waals surface area contributed by atoms with Gasteiger partial charge in [-0.1, -0.05) is 84.3 Å². The number of allylic oxidation sites excluding steroid dienone is 1. The van der Waals surface area contributed by atoms with Gasteiger partial charge in [0.15, 0.2) is 5.78 Å². The van der Waals surface area contributed by atoms with E-state index in [4.69, 9.17) is 9.84 Å². The van der Waals surface area contributed by atoms with Crippen LogP contribution in [0, 0.1) is 23.7 Å². The lowest BCUT2D eigenvalue weighted by Gasteiger charge is -2.15. The van der Waals surface area contributed by atoms with Gasteiger partial charge in [0.1, 0.15) is 13.2 Å². The fourth-order valence-electron chi connectivity index (χ4n) is 4.02. The molecule has 0 fully saturated rings. The first-order chi connectivity index (χ1) is 16.5. The summed E-state index contributed by atoms with van der Waals surface area (Å²) in [5, 5.41) is 17.9. The van der Waals surface area contributed by atoms with Gasteiger partial charge in [-0.3, -0.25) is 9.59 Å². The molecule has 0 aromatic carbocycles. The topological polar surface area (TPSA) is 101 Å². The second kappa shape index (κ2) is 20.8. The zero-order valence-electron chi connectivity index (χ0n) is 22.7. The van der Waals surface area contributed by atoms with Crippen molar-refractivity contribution in [2.45, 2.75) is 98.8 Å². The highest BCUT2D eigenvalue weighted by Gasteiger charge is 2.21. The Kier molecular flexibility index (Phi) is 20.0. The first-order valence-corrected chi connectivity index (χ1v) is 14.4. The molecule has 6 nitrogen and oxygen atoms in total. The predicted molar refractivity (Wildman–Crippen MR) is 145 cm³/mol. The number of carboxylic acid groups (broad SMARTS) is 2. The minimum Gasteiger partial charge on any atom is -0.481 e. The van der Waals surface area contributed by atoms with E-state index in [1.54, 1.807) is 0 Å². The van der Waals surface area contributed by atoms with Crippen LogP contribution in [-0.2, 0) is 19.1 Å². The van der Waals surface area contributed by atoms with Crippen LogP contribution < -0.4 is 0 Å². The van der Waals surface area contributed by atoms with Crippen LogP contribution in [0.2, 0.25) is 0 Å². The van der Waals surface area contributed by atoms with Crippen LogP contribution in [0.3, 0.4) is 0 Å². The van der Waals surface area contributed by atoms with Gasteiger partial charge >= 0.3 is 11.9 Å². The highest BCUT2D eigenvalue weighted by atomic mass is 32.2. The molecule has 0 aliphatic rings. The maximum atomic E-state index is 11.8. The molecule has 0 aromatic rings. The van der Waals surface area contributed by atoms with Crippen LogP contribution in [0.4, 0.5) is 0 Å². The quantitative estimate of drug-likeness (QED) is 0.113. The number of ketones is 1. The Morgan fingerprint density at radius 2 is 1.43 bits per heavy atom. The first-order valence-electron chi connectivity index (χ1n) is 13.3. The van der Waals surface area contributed by atoms with Crippen molar-refractivity contribution in [2.75, 3.05) is 24.7 Å². The Hall–Kier alpha value is -1.34. The monoisotopic (exact) mass is 514 g/mol. The Labute approximate surface area is 217 Å². The smallest absolute Gasteiger partial charge is 0.329 e. The molecule has 0 saturated heterocycles. The minimum atomic E-state index is -1.16. The molecule has 7 heteroatoms. The molecule has 204 valence electrons. The van der Waals surface area contributed by atoms with E-state index >= 15 is 0 Å². The van der Waals surface area contributed by atoms with E-state index in [9.17, 15) is 19.5 Å². The van der Waals surface area contributed by atoms with Crippen LogP contribution in [-0.4, -0.2) is 52.7 Å². The SMILES string of the molecule is C/C(=C\CSCC(CC(=O)COCC(=O)O)C(=O)O)CCCC(C)CCCC(C)CCCC(C)C. The summed E-state index contributed by atoms with van der Waals surface area (Å²) in [4.78, 5) is 33.6. The molecule has 0 amide bonds. The lowest BCUT2D eigenvalue weighted by molar-refractivity contribution is -0.146. The van der Waals surface area contributed by atoms with E-state index in [1.165, 1.54) is 68.7 Å². The number of hydrogen-bond acceptors (Lipinski definition) is 5. The molecular weight excluding hydrogens is 464 g/mol. The summed E-state index contributed by atoms with van der Waals surface area (Å²) in [6, 6.07) is 0. The maximum Gasteiger partial charge on any atom is 0.329 e. The number of aliphatic carboxylic acids is 2. The van der Waals surface area contributed by atoms with E-state index in [2.05, 4.69) is 40.7 Å². The molecule has 0 rings (SSSR count). The lowest BCUT2D eigenvalue weighted by atomic mass is 9.91. The third kappa shape index (κ3) is 21.6.